The summed E-state index contributed by atoms with van der Waals surface area (Å²) >= 11 is 0. The number of H-pyrrole nitrogens is 1. The molecule has 2 heterocycles. The number of aromatic nitrogens is 2. The molecule has 21 heavy (non-hydrogen) atoms. The predicted molar refractivity (Wildman–Crippen MR) is 82.8 cm³/mol. The Morgan fingerprint density at radius 1 is 1.19 bits per heavy atom. The number of hydrogen-bond donors (Lipinski definition) is 2. The van der Waals surface area contributed by atoms with Gasteiger partial charge in [-0.05, 0) is 32.3 Å². The quantitative estimate of drug-likeness (QED) is 0.889. The Balaban J connectivity index is 2.02. The van der Waals surface area contributed by atoms with Gasteiger partial charge in [-0.2, -0.15) is 0 Å². The van der Waals surface area contributed by atoms with Gasteiger partial charge >= 0.3 is 5.69 Å². The van der Waals surface area contributed by atoms with E-state index in [1.54, 1.807) is 0 Å². The first kappa shape index (κ1) is 13.7. The van der Waals surface area contributed by atoms with Crippen molar-refractivity contribution in [3.05, 3.63) is 62.3 Å². The average Bonchev–Trinajstić information content (AvgIpc) is 2.47. The summed E-state index contributed by atoms with van der Waals surface area (Å²) in [6.07, 6.45) is 1.51. The lowest BCUT2D eigenvalue weighted by Crippen LogP contribution is -2.41. The van der Waals surface area contributed by atoms with Crippen LogP contribution >= 0.6 is 0 Å². The molecule has 2 aromatic rings. The Labute approximate surface area is 122 Å². The number of hydrogen-bond acceptors (Lipinski definition) is 3. The van der Waals surface area contributed by atoms with E-state index in [4.69, 9.17) is 0 Å². The molecule has 1 aliphatic heterocycles. The molecule has 1 unspecified atom stereocenters. The van der Waals surface area contributed by atoms with Gasteiger partial charge in [0.05, 0.1) is 11.6 Å². The zero-order chi connectivity index (χ0) is 15.0. The largest absolute Gasteiger partial charge is 0.364 e. The summed E-state index contributed by atoms with van der Waals surface area (Å²) in [5, 5.41) is 3.29. The van der Waals surface area contributed by atoms with E-state index in [1.165, 1.54) is 4.57 Å². The Hall–Kier alpha value is -2.30. The third-order valence-electron chi connectivity index (χ3n) is 3.95. The van der Waals surface area contributed by atoms with Gasteiger partial charge in [-0.15, -0.1) is 0 Å². The predicted octanol–water partition coefficient (Wildman–Crippen LogP) is 2.22. The standard InChI is InChI=1S/C16H19N3O2/c1-10(2)19-15(20)12-8-9-13(11-6-4-3-5-7-11)17-14(12)18-16(19)21/h3-7,10,13,17H,8-9H2,1-2H3,(H,18,21). The van der Waals surface area contributed by atoms with Crippen molar-refractivity contribution >= 4 is 5.82 Å². The molecule has 1 aromatic heterocycles. The van der Waals surface area contributed by atoms with E-state index in [1.807, 2.05) is 32.0 Å². The molecule has 5 heteroatoms. The van der Waals surface area contributed by atoms with E-state index in [0.717, 1.165) is 12.0 Å². The van der Waals surface area contributed by atoms with Crippen molar-refractivity contribution < 1.29 is 0 Å². The van der Waals surface area contributed by atoms with Gasteiger partial charge in [0.15, 0.2) is 0 Å². The second-order valence-corrected chi connectivity index (χ2v) is 5.70. The van der Waals surface area contributed by atoms with Crippen LogP contribution < -0.4 is 16.6 Å². The number of anilines is 1. The molecule has 5 nitrogen and oxygen atoms in total. The zero-order valence-corrected chi connectivity index (χ0v) is 12.2. The van der Waals surface area contributed by atoms with Gasteiger partial charge in [-0.3, -0.25) is 14.3 Å². The van der Waals surface area contributed by atoms with Crippen LogP contribution in [-0.4, -0.2) is 9.55 Å². The lowest BCUT2D eigenvalue weighted by atomic mass is 9.96. The highest BCUT2D eigenvalue weighted by atomic mass is 16.2. The maximum absolute atomic E-state index is 12.4. The van der Waals surface area contributed by atoms with Gasteiger partial charge in [-0.25, -0.2) is 4.79 Å². The molecule has 0 spiro atoms. The fourth-order valence-corrected chi connectivity index (χ4v) is 2.88. The molecule has 0 bridgehead atoms. The van der Waals surface area contributed by atoms with Crippen LogP contribution in [0.3, 0.4) is 0 Å². The minimum Gasteiger partial charge on any atom is -0.364 e. The minimum atomic E-state index is -0.352. The molecule has 1 aromatic carbocycles. The molecule has 0 radical (unpaired) electrons. The van der Waals surface area contributed by atoms with Crippen LogP contribution in [0, 0.1) is 0 Å². The Kier molecular flexibility index (Phi) is 3.41. The SMILES string of the molecule is CC(C)n1c(=O)[nH]c2c(c1=O)CCC(c1ccccc1)N2. The molecule has 0 fully saturated rings. The van der Waals surface area contributed by atoms with E-state index in [0.29, 0.717) is 17.8 Å². The van der Waals surface area contributed by atoms with E-state index >= 15 is 0 Å². The molecule has 1 aliphatic rings. The van der Waals surface area contributed by atoms with Crippen molar-refractivity contribution in [2.45, 2.75) is 38.8 Å². The number of rotatable bonds is 2. The fourth-order valence-electron chi connectivity index (χ4n) is 2.88. The monoisotopic (exact) mass is 285 g/mol. The van der Waals surface area contributed by atoms with Crippen LogP contribution in [0.4, 0.5) is 5.82 Å². The molecule has 0 saturated heterocycles. The van der Waals surface area contributed by atoms with Gasteiger partial charge in [-0.1, -0.05) is 30.3 Å². The molecule has 3 rings (SSSR count). The topological polar surface area (TPSA) is 66.9 Å². The summed E-state index contributed by atoms with van der Waals surface area (Å²) in [4.78, 5) is 27.3. The number of aromatic amines is 1. The van der Waals surface area contributed by atoms with Crippen molar-refractivity contribution in [1.29, 1.82) is 0 Å². The number of nitrogens with zero attached hydrogens (tertiary/aromatic N) is 1. The van der Waals surface area contributed by atoms with Crippen molar-refractivity contribution in [2.75, 3.05) is 5.32 Å². The third-order valence-corrected chi connectivity index (χ3v) is 3.95. The number of fused-ring (bicyclic) bond motifs is 1. The summed E-state index contributed by atoms with van der Waals surface area (Å²) in [5.74, 6) is 0.571. The van der Waals surface area contributed by atoms with Crippen LogP contribution in [0.2, 0.25) is 0 Å². The maximum atomic E-state index is 12.4. The van der Waals surface area contributed by atoms with Gasteiger partial charge < -0.3 is 5.32 Å². The molecule has 110 valence electrons. The Bertz CT molecular complexity index is 759. The molecule has 0 saturated carbocycles. The Morgan fingerprint density at radius 2 is 1.90 bits per heavy atom. The summed E-state index contributed by atoms with van der Waals surface area (Å²) in [6, 6.07) is 10.1. The summed E-state index contributed by atoms with van der Waals surface area (Å²) < 4.78 is 1.28. The van der Waals surface area contributed by atoms with Gasteiger partial charge in [0.1, 0.15) is 5.82 Å². The normalized spacial score (nSPS) is 17.4. The first-order valence-corrected chi connectivity index (χ1v) is 7.27. The summed E-state index contributed by atoms with van der Waals surface area (Å²) in [5.41, 5.74) is 1.31. The van der Waals surface area contributed by atoms with Crippen LogP contribution in [0.5, 0.6) is 0 Å². The Morgan fingerprint density at radius 3 is 2.57 bits per heavy atom. The first-order valence-electron chi connectivity index (χ1n) is 7.27. The van der Waals surface area contributed by atoms with Crippen LogP contribution in [-0.2, 0) is 6.42 Å². The molecular formula is C16H19N3O2. The molecular weight excluding hydrogens is 266 g/mol. The van der Waals surface area contributed by atoms with Gasteiger partial charge in [0.2, 0.25) is 0 Å². The van der Waals surface area contributed by atoms with E-state index in [9.17, 15) is 9.59 Å². The summed E-state index contributed by atoms with van der Waals surface area (Å²) in [7, 11) is 0. The smallest absolute Gasteiger partial charge is 0.330 e. The zero-order valence-electron chi connectivity index (χ0n) is 12.2. The minimum absolute atomic E-state index is 0.128. The van der Waals surface area contributed by atoms with Crippen LogP contribution in [0.25, 0.3) is 0 Å². The molecule has 1 atom stereocenters. The van der Waals surface area contributed by atoms with Gasteiger partial charge in [0, 0.05) is 6.04 Å². The highest BCUT2D eigenvalue weighted by molar-refractivity contribution is 5.47. The molecule has 2 N–H and O–H groups in total. The highest BCUT2D eigenvalue weighted by Crippen LogP contribution is 2.28. The third kappa shape index (κ3) is 2.39. The maximum Gasteiger partial charge on any atom is 0.330 e. The first-order chi connectivity index (χ1) is 10.1. The van der Waals surface area contributed by atoms with E-state index in [-0.39, 0.29) is 23.3 Å². The van der Waals surface area contributed by atoms with Crippen molar-refractivity contribution in [1.82, 2.24) is 9.55 Å². The average molecular weight is 285 g/mol. The lowest BCUT2D eigenvalue weighted by Gasteiger charge is -2.27. The number of benzene rings is 1. The fraction of sp³-hybridized carbons (Fsp3) is 0.375. The van der Waals surface area contributed by atoms with E-state index < -0.39 is 0 Å². The highest BCUT2D eigenvalue weighted by Gasteiger charge is 2.24. The second-order valence-electron chi connectivity index (χ2n) is 5.70. The summed E-state index contributed by atoms with van der Waals surface area (Å²) in [6.45, 7) is 3.68. The van der Waals surface area contributed by atoms with E-state index in [2.05, 4.69) is 22.4 Å². The van der Waals surface area contributed by atoms with Gasteiger partial charge in [0.25, 0.3) is 5.56 Å². The number of nitrogens with one attached hydrogen (secondary N) is 2. The van der Waals surface area contributed by atoms with Crippen molar-refractivity contribution in [3.63, 3.8) is 0 Å². The van der Waals surface area contributed by atoms with Crippen LogP contribution in [0.1, 0.15) is 43.5 Å². The van der Waals surface area contributed by atoms with Crippen LogP contribution in [0.15, 0.2) is 39.9 Å². The molecule has 0 aliphatic carbocycles. The lowest BCUT2D eigenvalue weighted by molar-refractivity contribution is 0.530. The molecule has 0 amide bonds. The van der Waals surface area contributed by atoms with Crippen molar-refractivity contribution in [2.24, 2.45) is 0 Å². The second kappa shape index (κ2) is 5.24. The van der Waals surface area contributed by atoms with Crippen molar-refractivity contribution in [3.8, 4) is 0 Å².